The largest absolute Gasteiger partial charge is 0.368 e. The maximum absolute atomic E-state index is 13.5. The average Bonchev–Trinajstić information content (AvgIpc) is 2.67. The molecule has 0 bridgehead atoms. The lowest BCUT2D eigenvalue weighted by atomic mass is 10.2. The van der Waals surface area contributed by atoms with E-state index in [-0.39, 0.29) is 11.7 Å². The number of carbonyl (C=O) groups is 1. The van der Waals surface area contributed by atoms with Gasteiger partial charge in [0.15, 0.2) is 0 Å². The van der Waals surface area contributed by atoms with Crippen LogP contribution in [0.3, 0.4) is 0 Å². The molecular formula is C21H21FN2O. The van der Waals surface area contributed by atoms with Gasteiger partial charge in [-0.15, -0.1) is 0 Å². The molecule has 0 unspecified atom stereocenters. The fraction of sp³-hybridized carbons (Fsp3) is 0.190. The Balaban J connectivity index is 1.50. The molecule has 1 heterocycles. The molecule has 25 heavy (non-hydrogen) atoms. The number of halogens is 1. The van der Waals surface area contributed by atoms with Crippen molar-refractivity contribution in [3.05, 3.63) is 84.2 Å². The average molecular weight is 336 g/mol. The third-order valence-corrected chi connectivity index (χ3v) is 4.24. The fourth-order valence-corrected chi connectivity index (χ4v) is 2.84. The summed E-state index contributed by atoms with van der Waals surface area (Å²) in [6.45, 7) is 3.06. The normalized spacial score (nSPS) is 15.2. The van der Waals surface area contributed by atoms with Crippen molar-refractivity contribution in [3.8, 4) is 0 Å². The highest BCUT2D eigenvalue weighted by atomic mass is 19.1. The monoisotopic (exact) mass is 336 g/mol. The summed E-state index contributed by atoms with van der Waals surface area (Å²) in [6.07, 6.45) is 6.55. The Morgan fingerprint density at radius 1 is 0.880 bits per heavy atom. The van der Waals surface area contributed by atoms with Crippen LogP contribution in [-0.4, -0.2) is 37.0 Å². The molecule has 1 amide bonds. The van der Waals surface area contributed by atoms with E-state index >= 15 is 0 Å². The third-order valence-electron chi connectivity index (χ3n) is 4.24. The van der Waals surface area contributed by atoms with Gasteiger partial charge in [-0.3, -0.25) is 4.79 Å². The van der Waals surface area contributed by atoms with Crippen molar-refractivity contribution in [1.82, 2.24) is 4.90 Å². The van der Waals surface area contributed by atoms with Crippen LogP contribution in [0.2, 0.25) is 0 Å². The summed E-state index contributed by atoms with van der Waals surface area (Å²) in [7, 11) is 0. The van der Waals surface area contributed by atoms with Gasteiger partial charge >= 0.3 is 0 Å². The lowest BCUT2D eigenvalue weighted by Crippen LogP contribution is -2.48. The van der Waals surface area contributed by atoms with Crippen molar-refractivity contribution < 1.29 is 9.18 Å². The molecule has 0 spiro atoms. The first-order chi connectivity index (χ1) is 12.2. The van der Waals surface area contributed by atoms with E-state index in [9.17, 15) is 9.18 Å². The molecule has 1 saturated heterocycles. The van der Waals surface area contributed by atoms with E-state index < -0.39 is 0 Å². The smallest absolute Gasteiger partial charge is 0.246 e. The Labute approximate surface area is 147 Å². The molecule has 1 fully saturated rings. The highest BCUT2D eigenvalue weighted by Crippen LogP contribution is 2.15. The molecule has 0 saturated carbocycles. The van der Waals surface area contributed by atoms with Crippen LogP contribution in [0.5, 0.6) is 0 Å². The van der Waals surface area contributed by atoms with Crippen molar-refractivity contribution in [3.63, 3.8) is 0 Å². The Hall–Kier alpha value is -2.88. The lowest BCUT2D eigenvalue weighted by Gasteiger charge is -2.35. The molecule has 2 aromatic rings. The molecule has 0 atom stereocenters. The van der Waals surface area contributed by atoms with Crippen LogP contribution in [0.4, 0.5) is 10.1 Å². The number of para-hydroxylation sites is 1. The first-order valence-corrected chi connectivity index (χ1v) is 8.42. The summed E-state index contributed by atoms with van der Waals surface area (Å²) in [4.78, 5) is 16.4. The zero-order valence-electron chi connectivity index (χ0n) is 14.0. The van der Waals surface area contributed by atoms with Gasteiger partial charge in [0.1, 0.15) is 5.82 Å². The summed E-state index contributed by atoms with van der Waals surface area (Å²) >= 11 is 0. The van der Waals surface area contributed by atoms with Gasteiger partial charge in [-0.1, -0.05) is 54.6 Å². The fourth-order valence-electron chi connectivity index (χ4n) is 2.84. The number of carbonyl (C=O) groups excluding carboxylic acids is 1. The molecule has 4 heteroatoms. The predicted octanol–water partition coefficient (Wildman–Crippen LogP) is 3.74. The summed E-state index contributed by atoms with van der Waals surface area (Å²) in [6, 6.07) is 16.8. The number of nitrogens with zero attached hydrogens (tertiary/aromatic N) is 2. The summed E-state index contributed by atoms with van der Waals surface area (Å²) in [5.74, 6) is -0.276. The van der Waals surface area contributed by atoms with Crippen LogP contribution < -0.4 is 4.90 Å². The summed E-state index contributed by atoms with van der Waals surface area (Å²) in [5.41, 5.74) is 1.70. The van der Waals surface area contributed by atoms with Crippen molar-refractivity contribution in [2.75, 3.05) is 31.1 Å². The highest BCUT2D eigenvalue weighted by molar-refractivity contribution is 5.88. The SMILES string of the molecule is O=C(C=CC=Cc1ccccc1F)N1CCN(c2ccccc2)CC1. The van der Waals surface area contributed by atoms with E-state index in [4.69, 9.17) is 0 Å². The van der Waals surface area contributed by atoms with Gasteiger partial charge in [-0.05, 0) is 18.2 Å². The third kappa shape index (κ3) is 4.57. The van der Waals surface area contributed by atoms with E-state index in [1.54, 1.807) is 36.4 Å². The predicted molar refractivity (Wildman–Crippen MR) is 99.8 cm³/mol. The number of hydrogen-bond acceptors (Lipinski definition) is 2. The van der Waals surface area contributed by atoms with Crippen LogP contribution in [0.25, 0.3) is 6.08 Å². The molecule has 0 radical (unpaired) electrons. The maximum Gasteiger partial charge on any atom is 0.246 e. The second-order valence-electron chi connectivity index (χ2n) is 5.89. The van der Waals surface area contributed by atoms with Gasteiger partial charge in [-0.25, -0.2) is 4.39 Å². The molecule has 0 aliphatic carbocycles. The topological polar surface area (TPSA) is 23.6 Å². The second kappa shape index (κ2) is 8.29. The van der Waals surface area contributed by atoms with Crippen LogP contribution in [0.15, 0.2) is 72.8 Å². The first-order valence-electron chi connectivity index (χ1n) is 8.42. The second-order valence-corrected chi connectivity index (χ2v) is 5.89. The van der Waals surface area contributed by atoms with E-state index in [0.29, 0.717) is 18.7 Å². The Kier molecular flexibility index (Phi) is 5.62. The number of hydrogen-bond donors (Lipinski definition) is 0. The maximum atomic E-state index is 13.5. The molecule has 1 aliphatic heterocycles. The lowest BCUT2D eigenvalue weighted by molar-refractivity contribution is -0.126. The molecule has 2 aromatic carbocycles. The number of amides is 1. The van der Waals surface area contributed by atoms with E-state index in [0.717, 1.165) is 13.1 Å². The van der Waals surface area contributed by atoms with Crippen molar-refractivity contribution in [1.29, 1.82) is 0 Å². The van der Waals surface area contributed by atoms with E-state index in [2.05, 4.69) is 17.0 Å². The van der Waals surface area contributed by atoms with Crippen molar-refractivity contribution in [2.24, 2.45) is 0 Å². The molecular weight excluding hydrogens is 315 g/mol. The molecule has 0 N–H and O–H groups in total. The van der Waals surface area contributed by atoms with Gasteiger partial charge < -0.3 is 9.80 Å². The number of anilines is 1. The summed E-state index contributed by atoms with van der Waals surface area (Å²) < 4.78 is 13.5. The van der Waals surface area contributed by atoms with Crippen LogP contribution in [0, 0.1) is 5.82 Å². The zero-order valence-corrected chi connectivity index (χ0v) is 14.0. The number of piperazine rings is 1. The van der Waals surface area contributed by atoms with Crippen LogP contribution in [0.1, 0.15) is 5.56 Å². The molecule has 128 valence electrons. The summed E-state index contributed by atoms with van der Waals surface area (Å²) in [5, 5.41) is 0. The van der Waals surface area contributed by atoms with Gasteiger partial charge in [-0.2, -0.15) is 0 Å². The Morgan fingerprint density at radius 3 is 2.28 bits per heavy atom. The first kappa shape index (κ1) is 17.0. The van der Waals surface area contributed by atoms with Gasteiger partial charge in [0, 0.05) is 43.5 Å². The van der Waals surface area contributed by atoms with Crippen molar-refractivity contribution in [2.45, 2.75) is 0 Å². The molecule has 3 rings (SSSR count). The minimum Gasteiger partial charge on any atom is -0.368 e. The van der Waals surface area contributed by atoms with E-state index in [1.165, 1.54) is 17.8 Å². The number of benzene rings is 2. The molecule has 0 aromatic heterocycles. The minimum atomic E-state index is -0.268. The molecule has 3 nitrogen and oxygen atoms in total. The Bertz CT molecular complexity index is 762. The van der Waals surface area contributed by atoms with Crippen molar-refractivity contribution >= 4 is 17.7 Å². The van der Waals surface area contributed by atoms with Gasteiger partial charge in [0.25, 0.3) is 0 Å². The van der Waals surface area contributed by atoms with Gasteiger partial charge in [0.05, 0.1) is 0 Å². The molecule has 1 aliphatic rings. The Morgan fingerprint density at radius 2 is 1.56 bits per heavy atom. The van der Waals surface area contributed by atoms with E-state index in [1.807, 2.05) is 23.1 Å². The van der Waals surface area contributed by atoms with Crippen LogP contribution >= 0.6 is 0 Å². The number of rotatable bonds is 4. The quantitative estimate of drug-likeness (QED) is 0.627. The minimum absolute atomic E-state index is 0.00843. The number of allylic oxidation sites excluding steroid dienone is 2. The van der Waals surface area contributed by atoms with Crippen LogP contribution in [-0.2, 0) is 4.79 Å². The highest BCUT2D eigenvalue weighted by Gasteiger charge is 2.19. The van der Waals surface area contributed by atoms with Gasteiger partial charge in [0.2, 0.25) is 5.91 Å². The zero-order chi connectivity index (χ0) is 17.5. The standard InChI is InChI=1S/C21H21FN2O/c22-20-12-6-4-8-18(20)9-5-7-13-21(25)24-16-14-23(15-17-24)19-10-2-1-3-11-19/h1-13H,14-17H2.